The number of piperidine rings is 1. The van der Waals surface area contributed by atoms with Gasteiger partial charge in [-0.1, -0.05) is 13.8 Å². The van der Waals surface area contributed by atoms with Gasteiger partial charge in [-0.3, -0.25) is 5.32 Å². The van der Waals surface area contributed by atoms with Crippen LogP contribution in [0.15, 0.2) is 0 Å². The van der Waals surface area contributed by atoms with E-state index in [1.54, 1.807) is 0 Å². The maximum Gasteiger partial charge on any atom is 0.413 e. The van der Waals surface area contributed by atoms with Crippen molar-refractivity contribution < 1.29 is 9.53 Å². The molecule has 1 heterocycles. The van der Waals surface area contributed by atoms with Gasteiger partial charge in [0.15, 0.2) is 5.11 Å². The zero-order valence-corrected chi connectivity index (χ0v) is 12.5. The number of alkyl carbamates (subject to hydrolysis) is 1. The molecule has 0 aromatic carbocycles. The summed E-state index contributed by atoms with van der Waals surface area (Å²) >= 11 is 5.30. The van der Waals surface area contributed by atoms with Crippen LogP contribution < -0.4 is 5.32 Å². The molecule has 2 atom stereocenters. The van der Waals surface area contributed by atoms with Gasteiger partial charge >= 0.3 is 6.09 Å². The number of thiocarbonyl (C=S) groups is 1. The molecule has 0 saturated carbocycles. The number of hydrogen-bond acceptors (Lipinski definition) is 3. The Morgan fingerprint density at radius 2 is 1.94 bits per heavy atom. The van der Waals surface area contributed by atoms with Crippen LogP contribution in [0, 0.1) is 5.92 Å². The highest BCUT2D eigenvalue weighted by Crippen LogP contribution is 2.22. The summed E-state index contributed by atoms with van der Waals surface area (Å²) in [5.74, 6) is 0.331. The number of carbonyl (C=O) groups is 1. The third-order valence-corrected chi connectivity index (χ3v) is 3.50. The summed E-state index contributed by atoms with van der Waals surface area (Å²) in [4.78, 5) is 13.7. The second-order valence-corrected chi connectivity index (χ2v) is 5.85. The molecule has 1 rings (SSSR count). The number of amides is 1. The maximum atomic E-state index is 11.6. The van der Waals surface area contributed by atoms with Crippen molar-refractivity contribution in [3.8, 4) is 0 Å². The van der Waals surface area contributed by atoms with Gasteiger partial charge in [-0.05, 0) is 51.2 Å². The predicted octanol–water partition coefficient (Wildman–Crippen LogP) is 2.92. The number of rotatable bonds is 2. The molecule has 0 aliphatic carbocycles. The topological polar surface area (TPSA) is 41.6 Å². The van der Waals surface area contributed by atoms with E-state index in [1.165, 1.54) is 6.42 Å². The summed E-state index contributed by atoms with van der Waals surface area (Å²) in [6, 6.07) is 0.762. The van der Waals surface area contributed by atoms with E-state index in [0.29, 0.717) is 29.7 Å². The van der Waals surface area contributed by atoms with Crippen molar-refractivity contribution in [3.63, 3.8) is 0 Å². The van der Waals surface area contributed by atoms with Crippen LogP contribution in [0.25, 0.3) is 0 Å². The molecular formula is C13H24N2O2S. The number of nitrogens with zero attached hydrogens (tertiary/aromatic N) is 1. The van der Waals surface area contributed by atoms with E-state index in [-0.39, 0.29) is 0 Å². The van der Waals surface area contributed by atoms with E-state index in [2.05, 4.69) is 24.1 Å². The summed E-state index contributed by atoms with van der Waals surface area (Å²) in [5.41, 5.74) is 0. The Morgan fingerprint density at radius 1 is 1.39 bits per heavy atom. The van der Waals surface area contributed by atoms with Gasteiger partial charge in [-0.2, -0.15) is 0 Å². The summed E-state index contributed by atoms with van der Waals surface area (Å²) in [7, 11) is 0. The first-order valence-corrected chi connectivity index (χ1v) is 7.08. The second kappa shape index (κ2) is 6.92. The second-order valence-electron chi connectivity index (χ2n) is 5.46. The van der Waals surface area contributed by atoms with Crippen molar-refractivity contribution in [2.75, 3.05) is 6.61 Å². The summed E-state index contributed by atoms with van der Waals surface area (Å²) in [5, 5.41) is 3.15. The molecule has 0 bridgehead atoms. The molecule has 1 fully saturated rings. The summed E-state index contributed by atoms with van der Waals surface area (Å²) in [6.45, 7) is 8.70. The van der Waals surface area contributed by atoms with Crippen molar-refractivity contribution in [1.29, 1.82) is 0 Å². The Hall–Kier alpha value is -0.840. The zero-order valence-electron chi connectivity index (χ0n) is 11.7. The minimum Gasteiger partial charge on any atom is -0.449 e. The monoisotopic (exact) mass is 272 g/mol. The van der Waals surface area contributed by atoms with E-state index >= 15 is 0 Å². The van der Waals surface area contributed by atoms with Crippen LogP contribution in [0.3, 0.4) is 0 Å². The van der Waals surface area contributed by atoms with Gasteiger partial charge in [0.25, 0.3) is 0 Å². The molecule has 2 unspecified atom stereocenters. The third kappa shape index (κ3) is 4.44. The van der Waals surface area contributed by atoms with Gasteiger partial charge in [0.2, 0.25) is 0 Å². The normalized spacial score (nSPS) is 23.9. The molecule has 0 aromatic heterocycles. The van der Waals surface area contributed by atoms with Crippen LogP contribution in [-0.4, -0.2) is 34.8 Å². The Morgan fingerprint density at radius 3 is 2.44 bits per heavy atom. The Balaban J connectivity index is 2.45. The van der Waals surface area contributed by atoms with Crippen molar-refractivity contribution in [2.24, 2.45) is 5.92 Å². The van der Waals surface area contributed by atoms with Crippen molar-refractivity contribution >= 4 is 23.4 Å². The molecule has 0 aromatic rings. The molecular weight excluding hydrogens is 248 g/mol. The van der Waals surface area contributed by atoms with Gasteiger partial charge < -0.3 is 9.64 Å². The van der Waals surface area contributed by atoms with Gasteiger partial charge in [0.1, 0.15) is 0 Å². The largest absolute Gasteiger partial charge is 0.449 e. The van der Waals surface area contributed by atoms with Crippen LogP contribution in [0.5, 0.6) is 0 Å². The van der Waals surface area contributed by atoms with Gasteiger partial charge in [-0.15, -0.1) is 0 Å². The molecule has 104 valence electrons. The van der Waals surface area contributed by atoms with Crippen molar-refractivity contribution in [2.45, 2.75) is 59.0 Å². The average molecular weight is 272 g/mol. The van der Waals surface area contributed by atoms with Gasteiger partial charge in [0, 0.05) is 12.1 Å². The minimum atomic E-state index is -0.446. The van der Waals surface area contributed by atoms with E-state index in [1.807, 2.05) is 13.8 Å². The standard InChI is InChI=1S/C13H24N2O2S/c1-9(2)8-17-13(16)14-12(18)15-10(3)6-5-7-11(15)4/h9-11H,5-8H2,1-4H3,(H,14,16,18). The van der Waals surface area contributed by atoms with Gasteiger partial charge in [-0.25, -0.2) is 4.79 Å². The lowest BCUT2D eigenvalue weighted by Gasteiger charge is -2.40. The van der Waals surface area contributed by atoms with Crippen LogP contribution in [0.2, 0.25) is 0 Å². The van der Waals surface area contributed by atoms with Crippen LogP contribution in [0.4, 0.5) is 4.79 Å². The lowest BCUT2D eigenvalue weighted by Crippen LogP contribution is -2.53. The van der Waals surface area contributed by atoms with E-state index in [9.17, 15) is 4.79 Å². The fourth-order valence-corrected chi connectivity index (χ4v) is 2.70. The smallest absolute Gasteiger partial charge is 0.413 e. The summed E-state index contributed by atoms with van der Waals surface area (Å²) in [6.07, 6.45) is 3.01. The lowest BCUT2D eigenvalue weighted by atomic mass is 9.98. The Labute approximate surface area is 115 Å². The highest BCUT2D eigenvalue weighted by Gasteiger charge is 2.27. The zero-order chi connectivity index (χ0) is 13.7. The first-order chi connectivity index (χ1) is 8.41. The Bertz CT molecular complexity index is 297. The minimum absolute atomic E-state index is 0.331. The molecule has 1 saturated heterocycles. The number of ether oxygens (including phenoxy) is 1. The van der Waals surface area contributed by atoms with Gasteiger partial charge in [0.05, 0.1) is 6.61 Å². The third-order valence-electron chi connectivity index (χ3n) is 3.18. The molecule has 1 aliphatic rings. The first kappa shape index (κ1) is 15.2. The fourth-order valence-electron chi connectivity index (χ4n) is 2.25. The molecule has 1 amide bonds. The van der Waals surface area contributed by atoms with Crippen molar-refractivity contribution in [1.82, 2.24) is 10.2 Å². The number of hydrogen-bond donors (Lipinski definition) is 1. The van der Waals surface area contributed by atoms with E-state index < -0.39 is 6.09 Å². The highest BCUT2D eigenvalue weighted by molar-refractivity contribution is 7.80. The van der Waals surface area contributed by atoms with Crippen LogP contribution in [0.1, 0.15) is 47.0 Å². The fraction of sp³-hybridized carbons (Fsp3) is 0.846. The number of carbonyl (C=O) groups excluding carboxylic acids is 1. The van der Waals surface area contributed by atoms with E-state index in [4.69, 9.17) is 17.0 Å². The predicted molar refractivity (Wildman–Crippen MR) is 76.5 cm³/mol. The first-order valence-electron chi connectivity index (χ1n) is 6.68. The van der Waals surface area contributed by atoms with Crippen molar-refractivity contribution in [3.05, 3.63) is 0 Å². The number of nitrogens with one attached hydrogen (secondary N) is 1. The molecule has 1 N–H and O–H groups in total. The average Bonchev–Trinajstić information content (AvgIpc) is 2.26. The van der Waals surface area contributed by atoms with Crippen LogP contribution >= 0.6 is 12.2 Å². The number of likely N-dealkylation sites (tertiary alicyclic amines) is 1. The maximum absolute atomic E-state index is 11.6. The molecule has 18 heavy (non-hydrogen) atoms. The SMILES string of the molecule is CC(C)COC(=O)NC(=S)N1C(C)CCCC1C. The molecule has 4 nitrogen and oxygen atoms in total. The molecule has 0 spiro atoms. The lowest BCUT2D eigenvalue weighted by molar-refractivity contribution is 0.134. The van der Waals surface area contributed by atoms with E-state index in [0.717, 1.165) is 12.8 Å². The molecule has 5 heteroatoms. The molecule has 1 aliphatic heterocycles. The summed E-state index contributed by atoms with van der Waals surface area (Å²) < 4.78 is 5.07. The van der Waals surface area contributed by atoms with Crippen LogP contribution in [-0.2, 0) is 4.74 Å². The molecule has 0 radical (unpaired) electrons. The quantitative estimate of drug-likeness (QED) is 0.785. The Kier molecular flexibility index (Phi) is 5.85. The highest BCUT2D eigenvalue weighted by atomic mass is 32.1.